The second-order valence-electron chi connectivity index (χ2n) is 9.43. The lowest BCUT2D eigenvalue weighted by atomic mass is 9.90. The summed E-state index contributed by atoms with van der Waals surface area (Å²) in [5.74, 6) is -1.12. The quantitative estimate of drug-likeness (QED) is 0.321. The summed E-state index contributed by atoms with van der Waals surface area (Å²) < 4.78 is 86.0. The highest BCUT2D eigenvalue weighted by atomic mass is 19.4. The lowest BCUT2D eigenvalue weighted by molar-refractivity contribution is -0.147. The summed E-state index contributed by atoms with van der Waals surface area (Å²) >= 11 is 0. The summed E-state index contributed by atoms with van der Waals surface area (Å²) in [6.45, 7) is -0.123. The number of halogens is 6. The van der Waals surface area contributed by atoms with E-state index in [0.717, 1.165) is 41.4 Å². The molecule has 8 nitrogen and oxygen atoms in total. The fourth-order valence-corrected chi connectivity index (χ4v) is 4.57. The Morgan fingerprint density at radius 2 is 1.78 bits per heavy atom. The number of dihydropyridines is 1. The number of rotatable bonds is 8. The molecule has 2 amide bonds. The Bertz CT molecular complexity index is 1300. The lowest BCUT2D eigenvalue weighted by Crippen LogP contribution is -2.62. The van der Waals surface area contributed by atoms with Crippen molar-refractivity contribution in [1.29, 1.82) is 0 Å². The molecule has 3 heterocycles. The molecule has 2 aliphatic rings. The summed E-state index contributed by atoms with van der Waals surface area (Å²) in [5, 5.41) is 8.32. The van der Waals surface area contributed by atoms with Crippen molar-refractivity contribution in [2.45, 2.75) is 30.8 Å². The molecule has 41 heavy (non-hydrogen) atoms. The molecule has 14 heteroatoms. The molecule has 1 aromatic carbocycles. The van der Waals surface area contributed by atoms with Gasteiger partial charge in [-0.1, -0.05) is 12.1 Å². The number of hydrogen-bond acceptors (Lipinski definition) is 6. The van der Waals surface area contributed by atoms with Crippen LogP contribution in [-0.4, -0.2) is 66.2 Å². The van der Waals surface area contributed by atoms with Crippen molar-refractivity contribution >= 4 is 17.6 Å². The number of hydrogen-bond donors (Lipinski definition) is 3. The third kappa shape index (κ3) is 7.30. The predicted octanol–water partition coefficient (Wildman–Crippen LogP) is 4.04. The number of ether oxygens (including phenoxy) is 1. The summed E-state index contributed by atoms with van der Waals surface area (Å²) in [7, 11) is 0. The standard InChI is InChI=1S/C27H27F6N5O3/c28-26(29,30)18-5-7-19(8-6-18)41-25(24(40)37-14-13-36-22-4-1-2-11-35-22)10-3-15-38(17-25)23(39)20-16-34-12-9-21(20)27(31,32)33/h1-2,4-9,11,16,34H,3,10,12-15,17H2,(H,35,36)(H,37,40). The van der Waals surface area contributed by atoms with E-state index < -0.39 is 53.0 Å². The van der Waals surface area contributed by atoms with E-state index in [-0.39, 0.29) is 44.8 Å². The zero-order valence-electron chi connectivity index (χ0n) is 21.6. The second kappa shape index (κ2) is 12.1. The summed E-state index contributed by atoms with van der Waals surface area (Å²) in [5.41, 5.74) is -4.39. The Balaban J connectivity index is 1.55. The minimum atomic E-state index is -4.77. The third-order valence-corrected chi connectivity index (χ3v) is 6.53. The number of likely N-dealkylation sites (tertiary alicyclic amines) is 1. The van der Waals surface area contributed by atoms with Gasteiger partial charge in [-0.2, -0.15) is 26.3 Å². The lowest BCUT2D eigenvalue weighted by Gasteiger charge is -2.42. The summed E-state index contributed by atoms with van der Waals surface area (Å²) in [6, 6.07) is 8.92. The van der Waals surface area contributed by atoms with Crippen molar-refractivity contribution < 1.29 is 40.7 Å². The van der Waals surface area contributed by atoms with Gasteiger partial charge in [-0.3, -0.25) is 9.59 Å². The third-order valence-electron chi connectivity index (χ3n) is 6.53. The van der Waals surface area contributed by atoms with Gasteiger partial charge in [0, 0.05) is 38.6 Å². The van der Waals surface area contributed by atoms with Gasteiger partial charge in [-0.25, -0.2) is 4.98 Å². The van der Waals surface area contributed by atoms with E-state index in [1.54, 1.807) is 24.4 Å². The number of nitrogens with zero attached hydrogens (tertiary/aromatic N) is 2. The van der Waals surface area contributed by atoms with Crippen LogP contribution in [0.15, 0.2) is 72.1 Å². The van der Waals surface area contributed by atoms with Crippen LogP contribution in [0.4, 0.5) is 32.2 Å². The molecule has 1 unspecified atom stereocenters. The molecule has 1 aromatic heterocycles. The normalized spacial score (nSPS) is 19.4. The van der Waals surface area contributed by atoms with Crippen LogP contribution in [0.2, 0.25) is 0 Å². The summed E-state index contributed by atoms with van der Waals surface area (Å²) in [4.78, 5) is 32.0. The molecule has 0 bridgehead atoms. The van der Waals surface area contributed by atoms with Gasteiger partial charge >= 0.3 is 12.4 Å². The number of pyridine rings is 1. The van der Waals surface area contributed by atoms with Gasteiger partial charge in [-0.05, 0) is 49.2 Å². The molecule has 0 aliphatic carbocycles. The first-order chi connectivity index (χ1) is 19.4. The Morgan fingerprint density at radius 1 is 1.02 bits per heavy atom. The number of aromatic nitrogens is 1. The van der Waals surface area contributed by atoms with Crippen LogP contribution in [0.1, 0.15) is 18.4 Å². The van der Waals surface area contributed by atoms with E-state index in [0.29, 0.717) is 5.82 Å². The molecule has 4 rings (SSSR count). The molecule has 3 N–H and O–H groups in total. The first-order valence-corrected chi connectivity index (χ1v) is 12.7. The van der Waals surface area contributed by atoms with Gasteiger partial charge in [0.25, 0.3) is 11.8 Å². The van der Waals surface area contributed by atoms with Crippen molar-refractivity contribution in [2.24, 2.45) is 0 Å². The maximum atomic E-state index is 13.6. The second-order valence-corrected chi connectivity index (χ2v) is 9.43. The van der Waals surface area contributed by atoms with Gasteiger partial charge in [0.05, 0.1) is 23.3 Å². The Hall–Kier alpha value is -4.23. The first-order valence-electron chi connectivity index (χ1n) is 12.7. The maximum absolute atomic E-state index is 13.6. The van der Waals surface area contributed by atoms with Crippen LogP contribution >= 0.6 is 0 Å². The van der Waals surface area contributed by atoms with Crippen molar-refractivity contribution in [3.8, 4) is 5.75 Å². The smallest absolute Gasteiger partial charge is 0.416 e. The zero-order chi connectivity index (χ0) is 29.7. The monoisotopic (exact) mass is 583 g/mol. The van der Waals surface area contributed by atoms with E-state index in [2.05, 4.69) is 20.9 Å². The highest BCUT2D eigenvalue weighted by molar-refractivity contribution is 5.99. The van der Waals surface area contributed by atoms with E-state index in [1.165, 1.54) is 0 Å². The number of alkyl halides is 6. The molecular formula is C27H27F6N5O3. The fraction of sp³-hybridized carbons (Fsp3) is 0.370. The van der Waals surface area contributed by atoms with Crippen molar-refractivity contribution in [3.63, 3.8) is 0 Å². The number of benzene rings is 1. The van der Waals surface area contributed by atoms with Crippen LogP contribution in [0.25, 0.3) is 0 Å². The van der Waals surface area contributed by atoms with Crippen LogP contribution in [0.3, 0.4) is 0 Å². The SMILES string of the molecule is O=C(C1=CNCC=C1C(F)(F)F)N1CCCC(Oc2ccc(C(F)(F)F)cc2)(C(=O)NCCNc2ccccn2)C1. The molecule has 2 aliphatic heterocycles. The van der Waals surface area contributed by atoms with E-state index in [4.69, 9.17) is 4.74 Å². The van der Waals surface area contributed by atoms with E-state index in [1.807, 2.05) is 0 Å². The maximum Gasteiger partial charge on any atom is 0.416 e. The molecule has 1 atom stereocenters. The average Bonchev–Trinajstić information content (AvgIpc) is 2.95. The number of amides is 2. The van der Waals surface area contributed by atoms with E-state index >= 15 is 0 Å². The highest BCUT2D eigenvalue weighted by Gasteiger charge is 2.48. The number of nitrogens with one attached hydrogen (secondary N) is 3. The minimum absolute atomic E-state index is 0.0495. The number of carbonyl (C=O) groups excluding carboxylic acids is 2. The first kappa shape index (κ1) is 29.7. The Kier molecular flexibility index (Phi) is 8.78. The van der Waals surface area contributed by atoms with Crippen molar-refractivity contribution in [2.75, 3.05) is 38.0 Å². The van der Waals surface area contributed by atoms with Crippen molar-refractivity contribution in [3.05, 3.63) is 77.6 Å². The number of piperidine rings is 1. The molecule has 2 aromatic rings. The minimum Gasteiger partial charge on any atom is -0.476 e. The van der Waals surface area contributed by atoms with Crippen LogP contribution in [0, 0.1) is 0 Å². The average molecular weight is 584 g/mol. The largest absolute Gasteiger partial charge is 0.476 e. The highest BCUT2D eigenvalue weighted by Crippen LogP contribution is 2.36. The fourth-order valence-electron chi connectivity index (χ4n) is 4.57. The molecule has 0 saturated carbocycles. The van der Waals surface area contributed by atoms with Crippen molar-refractivity contribution in [1.82, 2.24) is 20.5 Å². The Labute approximate surface area is 231 Å². The molecule has 0 spiro atoms. The molecule has 0 radical (unpaired) electrons. The molecule has 1 fully saturated rings. The van der Waals surface area contributed by atoms with Crippen LogP contribution < -0.4 is 20.7 Å². The van der Waals surface area contributed by atoms with Crippen LogP contribution in [0.5, 0.6) is 5.75 Å². The zero-order valence-corrected chi connectivity index (χ0v) is 21.6. The van der Waals surface area contributed by atoms with Gasteiger partial charge in [0.2, 0.25) is 5.60 Å². The van der Waals surface area contributed by atoms with Gasteiger partial charge in [0.15, 0.2) is 0 Å². The van der Waals surface area contributed by atoms with Gasteiger partial charge in [0.1, 0.15) is 11.6 Å². The number of carbonyl (C=O) groups is 2. The summed E-state index contributed by atoms with van der Waals surface area (Å²) in [6.07, 6.45) is -5.67. The predicted molar refractivity (Wildman–Crippen MR) is 137 cm³/mol. The van der Waals surface area contributed by atoms with Gasteiger partial charge in [-0.15, -0.1) is 0 Å². The molecular weight excluding hydrogens is 556 g/mol. The van der Waals surface area contributed by atoms with E-state index in [9.17, 15) is 35.9 Å². The van der Waals surface area contributed by atoms with Crippen LogP contribution in [-0.2, 0) is 15.8 Å². The topological polar surface area (TPSA) is 95.6 Å². The Morgan fingerprint density at radius 3 is 2.44 bits per heavy atom. The van der Waals surface area contributed by atoms with Gasteiger partial charge < -0.3 is 25.6 Å². The molecule has 1 saturated heterocycles. The number of anilines is 1. The molecule has 220 valence electrons.